The second kappa shape index (κ2) is 11.7. The number of rotatable bonds is 6. The maximum Gasteiger partial charge on any atom is 0.122 e. The Morgan fingerprint density at radius 3 is 1.51 bits per heavy atom. The van der Waals surface area contributed by atoms with Crippen LogP contribution in [0.4, 0.5) is 5.69 Å². The lowest BCUT2D eigenvalue weighted by Gasteiger charge is -2.31. The van der Waals surface area contributed by atoms with Gasteiger partial charge in [-0.2, -0.15) is 0 Å². The number of nitrogens with zero attached hydrogens (tertiary/aromatic N) is 4. The van der Waals surface area contributed by atoms with E-state index in [9.17, 15) is 0 Å². The van der Waals surface area contributed by atoms with Gasteiger partial charge < -0.3 is 4.90 Å². The largest absolute Gasteiger partial charge is 0.324 e. The van der Waals surface area contributed by atoms with Crippen molar-refractivity contribution in [2.24, 2.45) is 4.99 Å². The third-order valence-corrected chi connectivity index (χ3v) is 7.91. The second-order valence-electron chi connectivity index (χ2n) is 10.5. The summed E-state index contributed by atoms with van der Waals surface area (Å²) in [6.07, 6.45) is 11.7. The molecule has 43 heavy (non-hydrogen) atoms. The Bertz CT molecular complexity index is 1940. The molecular weight excluding hydrogens is 524 g/mol. The van der Waals surface area contributed by atoms with E-state index in [-0.39, 0.29) is 6.17 Å². The molecule has 2 aromatic heterocycles. The van der Waals surface area contributed by atoms with Gasteiger partial charge in [-0.1, -0.05) is 103 Å². The summed E-state index contributed by atoms with van der Waals surface area (Å²) in [5.74, 6) is 0. The molecule has 1 aliphatic rings. The van der Waals surface area contributed by atoms with Gasteiger partial charge in [-0.25, -0.2) is 0 Å². The minimum absolute atomic E-state index is 0.0645. The number of aromatic nitrogens is 2. The van der Waals surface area contributed by atoms with E-state index in [1.54, 1.807) is 0 Å². The molecule has 6 aromatic rings. The van der Waals surface area contributed by atoms with Gasteiger partial charge in [0.25, 0.3) is 0 Å². The van der Waals surface area contributed by atoms with E-state index in [1.165, 1.54) is 0 Å². The summed E-state index contributed by atoms with van der Waals surface area (Å²) < 4.78 is 0. The highest BCUT2D eigenvalue weighted by atomic mass is 15.2. The van der Waals surface area contributed by atoms with Crippen molar-refractivity contribution in [2.45, 2.75) is 13.1 Å². The molecule has 1 atom stereocenters. The van der Waals surface area contributed by atoms with E-state index in [0.29, 0.717) is 0 Å². The van der Waals surface area contributed by atoms with Crippen LogP contribution in [0, 0.1) is 0 Å². The van der Waals surface area contributed by atoms with E-state index in [2.05, 4.69) is 137 Å². The van der Waals surface area contributed by atoms with Gasteiger partial charge in [0.15, 0.2) is 0 Å². The Morgan fingerprint density at radius 1 is 0.488 bits per heavy atom. The summed E-state index contributed by atoms with van der Waals surface area (Å²) in [6, 6.07) is 42.4. The van der Waals surface area contributed by atoms with E-state index in [1.807, 2.05) is 43.1 Å². The standard InChI is InChI=1S/C39H30N4/c1-28-42-26-31(34-16-4-6-18-36(34)35-17-5-2-14-32(35)29-12-10-22-40-24-29)27-43(28)39-21-9-8-20-38(39)37-19-7-3-15-33(37)30-13-11-23-41-25-30/h2-28H,1H3. The molecule has 0 N–H and O–H groups in total. The van der Waals surface area contributed by atoms with Gasteiger partial charge >= 0.3 is 0 Å². The van der Waals surface area contributed by atoms with Crippen molar-refractivity contribution >= 4 is 17.5 Å². The van der Waals surface area contributed by atoms with Crippen molar-refractivity contribution in [1.82, 2.24) is 9.97 Å². The van der Waals surface area contributed by atoms with Gasteiger partial charge in [-0.15, -0.1) is 0 Å². The molecular formula is C39H30N4. The maximum absolute atomic E-state index is 4.99. The molecule has 0 spiro atoms. The van der Waals surface area contributed by atoms with Crippen LogP contribution in [0.25, 0.3) is 50.1 Å². The molecule has 4 aromatic carbocycles. The monoisotopic (exact) mass is 554 g/mol. The summed E-state index contributed by atoms with van der Waals surface area (Å²) in [5, 5.41) is 0. The van der Waals surface area contributed by atoms with Crippen LogP contribution < -0.4 is 4.90 Å². The molecule has 0 amide bonds. The Labute approximate surface area is 252 Å². The zero-order chi connectivity index (χ0) is 29.0. The number of pyridine rings is 2. The third kappa shape index (κ3) is 5.15. The van der Waals surface area contributed by atoms with Crippen LogP contribution in [0.3, 0.4) is 0 Å². The highest BCUT2D eigenvalue weighted by Gasteiger charge is 2.22. The van der Waals surface area contributed by atoms with Crippen LogP contribution in [-0.2, 0) is 0 Å². The molecule has 7 rings (SSSR count). The van der Waals surface area contributed by atoms with Gasteiger partial charge in [-0.3, -0.25) is 15.0 Å². The van der Waals surface area contributed by atoms with E-state index < -0.39 is 0 Å². The number of hydrogen-bond donors (Lipinski definition) is 0. The van der Waals surface area contributed by atoms with Crippen molar-refractivity contribution in [3.05, 3.63) is 158 Å². The SMILES string of the molecule is CC1N=CC(c2ccccc2-c2ccccc2-c2cccnc2)=CN1c1ccccc1-c1ccccc1-c1cccnc1. The third-order valence-electron chi connectivity index (χ3n) is 7.91. The smallest absolute Gasteiger partial charge is 0.122 e. The zero-order valence-corrected chi connectivity index (χ0v) is 23.9. The number of benzene rings is 4. The van der Waals surface area contributed by atoms with Crippen LogP contribution >= 0.6 is 0 Å². The fourth-order valence-electron chi connectivity index (χ4n) is 5.84. The Hall–Kier alpha value is -5.61. The number of anilines is 1. The lowest BCUT2D eigenvalue weighted by Crippen LogP contribution is -2.30. The normalized spacial score (nSPS) is 14.4. The van der Waals surface area contributed by atoms with Gasteiger partial charge in [0.05, 0.1) is 5.69 Å². The first-order chi connectivity index (χ1) is 21.3. The highest BCUT2D eigenvalue weighted by Crippen LogP contribution is 2.41. The first-order valence-electron chi connectivity index (χ1n) is 14.5. The lowest BCUT2D eigenvalue weighted by atomic mass is 9.89. The zero-order valence-electron chi connectivity index (χ0n) is 23.9. The first-order valence-corrected chi connectivity index (χ1v) is 14.5. The molecule has 0 saturated carbocycles. The Balaban J connectivity index is 1.34. The molecule has 0 aliphatic carbocycles. The fourth-order valence-corrected chi connectivity index (χ4v) is 5.84. The molecule has 0 bridgehead atoms. The van der Waals surface area contributed by atoms with Gasteiger partial charge in [0.1, 0.15) is 6.17 Å². The molecule has 3 heterocycles. The summed E-state index contributed by atoms with van der Waals surface area (Å²) in [5.41, 5.74) is 12.4. The fraction of sp³-hybridized carbons (Fsp3) is 0.0513. The van der Waals surface area contributed by atoms with Crippen LogP contribution in [0.2, 0.25) is 0 Å². The molecule has 206 valence electrons. The minimum atomic E-state index is -0.0645. The maximum atomic E-state index is 4.99. The van der Waals surface area contributed by atoms with E-state index >= 15 is 0 Å². The number of allylic oxidation sites excluding steroid dienone is 1. The molecule has 1 unspecified atom stereocenters. The van der Waals surface area contributed by atoms with Gasteiger partial charge in [0, 0.05) is 59.5 Å². The molecule has 0 fully saturated rings. The topological polar surface area (TPSA) is 41.4 Å². The van der Waals surface area contributed by atoms with Crippen LogP contribution in [0.5, 0.6) is 0 Å². The molecule has 0 radical (unpaired) electrons. The Morgan fingerprint density at radius 2 is 0.953 bits per heavy atom. The van der Waals surface area contributed by atoms with Crippen molar-refractivity contribution in [3.8, 4) is 44.5 Å². The van der Waals surface area contributed by atoms with Crippen molar-refractivity contribution < 1.29 is 0 Å². The number of para-hydroxylation sites is 1. The van der Waals surface area contributed by atoms with Crippen LogP contribution in [0.15, 0.2) is 157 Å². The van der Waals surface area contributed by atoms with Crippen molar-refractivity contribution in [2.75, 3.05) is 4.90 Å². The highest BCUT2D eigenvalue weighted by molar-refractivity contribution is 6.14. The summed E-state index contributed by atoms with van der Waals surface area (Å²) in [6.45, 7) is 2.14. The lowest BCUT2D eigenvalue weighted by molar-refractivity contribution is 0.748. The average molecular weight is 555 g/mol. The predicted molar refractivity (Wildman–Crippen MR) is 179 cm³/mol. The summed E-state index contributed by atoms with van der Waals surface area (Å²) in [4.78, 5) is 16.0. The van der Waals surface area contributed by atoms with E-state index in [0.717, 1.165) is 61.3 Å². The van der Waals surface area contributed by atoms with Crippen LogP contribution in [0.1, 0.15) is 12.5 Å². The van der Waals surface area contributed by atoms with Crippen molar-refractivity contribution in [1.29, 1.82) is 0 Å². The minimum Gasteiger partial charge on any atom is -0.324 e. The number of hydrogen-bond acceptors (Lipinski definition) is 4. The van der Waals surface area contributed by atoms with Gasteiger partial charge in [-0.05, 0) is 58.5 Å². The molecule has 0 saturated heterocycles. The molecule has 1 aliphatic heterocycles. The predicted octanol–water partition coefficient (Wildman–Crippen LogP) is 9.42. The molecule has 4 heteroatoms. The van der Waals surface area contributed by atoms with Gasteiger partial charge in [0.2, 0.25) is 0 Å². The quantitative estimate of drug-likeness (QED) is 0.206. The molecule has 4 nitrogen and oxygen atoms in total. The van der Waals surface area contributed by atoms with E-state index in [4.69, 9.17) is 4.99 Å². The summed E-state index contributed by atoms with van der Waals surface area (Å²) >= 11 is 0. The second-order valence-corrected chi connectivity index (χ2v) is 10.5. The summed E-state index contributed by atoms with van der Waals surface area (Å²) in [7, 11) is 0. The van der Waals surface area contributed by atoms with Crippen LogP contribution in [-0.4, -0.2) is 22.3 Å². The van der Waals surface area contributed by atoms with Crippen molar-refractivity contribution in [3.63, 3.8) is 0 Å². The average Bonchev–Trinajstić information content (AvgIpc) is 3.09. The Kier molecular flexibility index (Phi) is 7.16. The number of aliphatic imine (C=N–C) groups is 1. The first kappa shape index (κ1) is 26.3.